The average molecular weight is 395 g/mol. The number of nitro groups is 1. The molecule has 0 radical (unpaired) electrons. The van der Waals surface area contributed by atoms with E-state index in [-0.39, 0.29) is 29.2 Å². The Morgan fingerprint density at radius 2 is 2.00 bits per heavy atom. The minimum atomic E-state index is -0.748. The molecule has 0 bridgehead atoms. The van der Waals surface area contributed by atoms with E-state index in [0.29, 0.717) is 5.56 Å². The van der Waals surface area contributed by atoms with Gasteiger partial charge in [-0.05, 0) is 43.7 Å². The van der Waals surface area contributed by atoms with Gasteiger partial charge in [0, 0.05) is 11.6 Å². The van der Waals surface area contributed by atoms with E-state index in [9.17, 15) is 24.8 Å². The number of aromatic hydroxyl groups is 1. The zero-order chi connectivity index (χ0) is 21.1. The van der Waals surface area contributed by atoms with Crippen molar-refractivity contribution in [2.24, 2.45) is 5.10 Å². The highest BCUT2D eigenvalue weighted by molar-refractivity contribution is 6.30. The maximum Gasteiger partial charge on any atom is 0.315 e. The first-order valence-electron chi connectivity index (χ1n) is 8.68. The number of hydrazone groups is 1. The maximum atomic E-state index is 12.7. The third-order valence-electron chi connectivity index (χ3n) is 4.16. The molecule has 2 aromatic carbocycles. The SMILES string of the molecule is CCOc1cc(/C=C2/C(=O)N(C(=O)c3ccccc3)N=C2C)cc([N+](=O)[O-])c1O. The van der Waals surface area contributed by atoms with Gasteiger partial charge in [-0.1, -0.05) is 18.2 Å². The summed E-state index contributed by atoms with van der Waals surface area (Å²) < 4.78 is 5.24. The van der Waals surface area contributed by atoms with Crippen LogP contribution in [0.2, 0.25) is 0 Å². The zero-order valence-corrected chi connectivity index (χ0v) is 15.7. The Morgan fingerprint density at radius 3 is 2.62 bits per heavy atom. The molecule has 0 spiro atoms. The van der Waals surface area contributed by atoms with Gasteiger partial charge in [-0.2, -0.15) is 10.1 Å². The number of nitrogens with zero attached hydrogens (tertiary/aromatic N) is 3. The van der Waals surface area contributed by atoms with Crippen LogP contribution < -0.4 is 4.74 Å². The van der Waals surface area contributed by atoms with Crippen LogP contribution in [0.4, 0.5) is 5.69 Å². The highest BCUT2D eigenvalue weighted by atomic mass is 16.6. The molecule has 9 nitrogen and oxygen atoms in total. The van der Waals surface area contributed by atoms with Crippen LogP contribution in [0.3, 0.4) is 0 Å². The molecule has 1 N–H and O–H groups in total. The summed E-state index contributed by atoms with van der Waals surface area (Å²) in [6.07, 6.45) is 1.37. The quantitative estimate of drug-likeness (QED) is 0.359. The molecular formula is C20H17N3O6. The van der Waals surface area contributed by atoms with Crippen LogP contribution in [0.25, 0.3) is 6.08 Å². The number of benzene rings is 2. The molecule has 148 valence electrons. The first kappa shape index (κ1) is 19.7. The van der Waals surface area contributed by atoms with Gasteiger partial charge in [0.05, 0.1) is 22.8 Å². The van der Waals surface area contributed by atoms with E-state index in [1.165, 1.54) is 12.1 Å². The van der Waals surface area contributed by atoms with Crippen molar-refractivity contribution in [1.29, 1.82) is 0 Å². The predicted molar refractivity (Wildman–Crippen MR) is 105 cm³/mol. The molecule has 0 fully saturated rings. The molecule has 1 aliphatic rings. The lowest BCUT2D eigenvalue weighted by molar-refractivity contribution is -0.386. The number of nitro benzene ring substituents is 1. The summed E-state index contributed by atoms with van der Waals surface area (Å²) >= 11 is 0. The molecule has 0 saturated carbocycles. The van der Waals surface area contributed by atoms with Crippen molar-refractivity contribution in [3.8, 4) is 11.5 Å². The molecular weight excluding hydrogens is 378 g/mol. The van der Waals surface area contributed by atoms with Gasteiger partial charge in [0.15, 0.2) is 5.75 Å². The van der Waals surface area contributed by atoms with E-state index >= 15 is 0 Å². The lowest BCUT2D eigenvalue weighted by atomic mass is 10.1. The lowest BCUT2D eigenvalue weighted by Gasteiger charge is -2.10. The van der Waals surface area contributed by atoms with E-state index < -0.39 is 28.2 Å². The Hall–Kier alpha value is -4.01. The monoisotopic (exact) mass is 395 g/mol. The van der Waals surface area contributed by atoms with Gasteiger partial charge in [-0.15, -0.1) is 0 Å². The summed E-state index contributed by atoms with van der Waals surface area (Å²) in [7, 11) is 0. The summed E-state index contributed by atoms with van der Waals surface area (Å²) in [5.74, 6) is -1.90. The molecule has 0 atom stereocenters. The summed E-state index contributed by atoms with van der Waals surface area (Å²) in [5.41, 5.74) is 0.396. The summed E-state index contributed by atoms with van der Waals surface area (Å²) in [6.45, 7) is 3.41. The van der Waals surface area contributed by atoms with Crippen molar-refractivity contribution in [2.75, 3.05) is 6.61 Å². The van der Waals surface area contributed by atoms with Crippen molar-refractivity contribution in [3.05, 3.63) is 69.3 Å². The normalized spacial score (nSPS) is 14.8. The van der Waals surface area contributed by atoms with Crippen molar-refractivity contribution in [1.82, 2.24) is 5.01 Å². The van der Waals surface area contributed by atoms with Crippen molar-refractivity contribution < 1.29 is 24.4 Å². The molecule has 9 heteroatoms. The first-order valence-corrected chi connectivity index (χ1v) is 8.68. The molecule has 1 heterocycles. The highest BCUT2D eigenvalue weighted by Crippen LogP contribution is 2.38. The summed E-state index contributed by atoms with van der Waals surface area (Å²) in [5, 5.41) is 26.0. The lowest BCUT2D eigenvalue weighted by Crippen LogP contribution is -2.29. The van der Waals surface area contributed by atoms with Crippen LogP contribution >= 0.6 is 0 Å². The molecule has 2 aromatic rings. The highest BCUT2D eigenvalue weighted by Gasteiger charge is 2.33. The second kappa shape index (κ2) is 7.93. The number of amides is 2. The summed E-state index contributed by atoms with van der Waals surface area (Å²) in [4.78, 5) is 35.8. The van der Waals surface area contributed by atoms with Gasteiger partial charge in [0.1, 0.15) is 0 Å². The number of hydrogen-bond donors (Lipinski definition) is 1. The molecule has 2 amide bonds. The number of ether oxygens (including phenoxy) is 1. The molecule has 0 aromatic heterocycles. The minimum absolute atomic E-state index is 0.0780. The molecule has 1 aliphatic heterocycles. The second-order valence-corrected chi connectivity index (χ2v) is 6.11. The first-order chi connectivity index (χ1) is 13.8. The predicted octanol–water partition coefficient (Wildman–Crippen LogP) is 3.14. The largest absolute Gasteiger partial charge is 0.500 e. The number of rotatable bonds is 5. The van der Waals surface area contributed by atoms with Gasteiger partial charge >= 0.3 is 5.69 Å². The number of phenols is 1. The van der Waals surface area contributed by atoms with Crippen LogP contribution in [0.5, 0.6) is 11.5 Å². The zero-order valence-electron chi connectivity index (χ0n) is 15.7. The topological polar surface area (TPSA) is 122 Å². The van der Waals surface area contributed by atoms with E-state index in [2.05, 4.69) is 5.10 Å². The van der Waals surface area contributed by atoms with Crippen LogP contribution in [0.15, 0.2) is 53.1 Å². The molecule has 29 heavy (non-hydrogen) atoms. The van der Waals surface area contributed by atoms with E-state index in [4.69, 9.17) is 4.74 Å². The fourth-order valence-corrected chi connectivity index (χ4v) is 2.79. The van der Waals surface area contributed by atoms with Gasteiger partial charge in [0.2, 0.25) is 5.75 Å². The smallest absolute Gasteiger partial charge is 0.315 e. The Labute approximate surface area is 165 Å². The second-order valence-electron chi connectivity index (χ2n) is 6.11. The van der Waals surface area contributed by atoms with Gasteiger partial charge in [0.25, 0.3) is 11.8 Å². The molecule has 0 saturated heterocycles. The van der Waals surface area contributed by atoms with E-state index in [0.717, 1.165) is 11.1 Å². The number of imide groups is 1. The number of carbonyl (C=O) groups is 2. The van der Waals surface area contributed by atoms with E-state index in [1.807, 2.05) is 0 Å². The van der Waals surface area contributed by atoms with Gasteiger partial charge < -0.3 is 9.84 Å². The maximum absolute atomic E-state index is 12.7. The molecule has 0 unspecified atom stereocenters. The van der Waals surface area contributed by atoms with Crippen LogP contribution in [0.1, 0.15) is 29.8 Å². The average Bonchev–Trinajstić information content (AvgIpc) is 2.98. The number of phenolic OH excluding ortho intramolecular Hbond substituents is 1. The van der Waals surface area contributed by atoms with E-state index in [1.54, 1.807) is 44.2 Å². The third-order valence-corrected chi connectivity index (χ3v) is 4.16. The van der Waals surface area contributed by atoms with Crippen LogP contribution in [0, 0.1) is 10.1 Å². The Kier molecular flexibility index (Phi) is 5.40. The fraction of sp³-hybridized carbons (Fsp3) is 0.150. The Balaban J connectivity index is 1.99. The third kappa shape index (κ3) is 3.84. The minimum Gasteiger partial charge on any atom is -0.500 e. The molecule has 0 aliphatic carbocycles. The molecule has 3 rings (SSSR count). The van der Waals surface area contributed by atoms with Crippen LogP contribution in [-0.4, -0.2) is 39.2 Å². The number of carbonyl (C=O) groups excluding carboxylic acids is 2. The van der Waals surface area contributed by atoms with Crippen molar-refractivity contribution >= 4 is 29.3 Å². The van der Waals surface area contributed by atoms with Crippen molar-refractivity contribution in [2.45, 2.75) is 13.8 Å². The van der Waals surface area contributed by atoms with Gasteiger partial charge in [-0.3, -0.25) is 19.7 Å². The fourth-order valence-electron chi connectivity index (χ4n) is 2.79. The summed E-state index contributed by atoms with van der Waals surface area (Å²) in [6, 6.07) is 10.7. The number of hydrogen-bond acceptors (Lipinski definition) is 7. The Bertz CT molecular complexity index is 1060. The van der Waals surface area contributed by atoms with Crippen LogP contribution in [-0.2, 0) is 4.79 Å². The standard InChI is InChI=1S/C20H17N3O6/c1-3-29-17-11-13(10-16(18(17)24)23(27)28)9-15-12(2)21-22(20(15)26)19(25)14-7-5-4-6-8-14/h4-11,24H,3H2,1-2H3/b15-9+. The van der Waals surface area contributed by atoms with Crippen molar-refractivity contribution in [3.63, 3.8) is 0 Å². The van der Waals surface area contributed by atoms with Gasteiger partial charge in [-0.25, -0.2) is 0 Å². The Morgan fingerprint density at radius 1 is 1.31 bits per heavy atom.